The summed E-state index contributed by atoms with van der Waals surface area (Å²) in [7, 11) is 0. The minimum absolute atomic E-state index is 0.481. The third kappa shape index (κ3) is 7.43. The minimum atomic E-state index is 0.481. The van der Waals surface area contributed by atoms with E-state index in [1.807, 2.05) is 0 Å². The average Bonchev–Trinajstić information content (AvgIpc) is 2.14. The largest absolute Gasteiger partial charge is 0.355 e. The highest BCUT2D eigenvalue weighted by atomic mass is 32.1. The number of guanidine groups is 1. The summed E-state index contributed by atoms with van der Waals surface area (Å²) in [5.74, 6) is 1.29. The maximum Gasteiger partial charge on any atom is 0.209 e. The number of hydrogen-bond donors (Lipinski definition) is 4. The van der Waals surface area contributed by atoms with Gasteiger partial charge in [0.2, 0.25) is 12.2 Å². The lowest BCUT2D eigenvalue weighted by Gasteiger charge is -2.08. The molecule has 0 radical (unpaired) electrons. The van der Waals surface area contributed by atoms with E-state index in [0.717, 1.165) is 18.7 Å². The van der Waals surface area contributed by atoms with Gasteiger partial charge in [-0.25, -0.2) is 0 Å². The van der Waals surface area contributed by atoms with Gasteiger partial charge >= 0.3 is 0 Å². The molecule has 0 rings (SSSR count). The first kappa shape index (κ1) is 12.1. The first-order chi connectivity index (χ1) is 6.35. The van der Waals surface area contributed by atoms with Crippen LogP contribution in [0.1, 0.15) is 6.42 Å². The fraction of sp³-hybridized carbons (Fsp3) is 0.714. The van der Waals surface area contributed by atoms with Crippen molar-refractivity contribution in [1.82, 2.24) is 10.6 Å². The first-order valence-electron chi connectivity index (χ1n) is 4.10. The Labute approximate surface area is 83.8 Å². The summed E-state index contributed by atoms with van der Waals surface area (Å²) in [4.78, 5) is 3.55. The van der Waals surface area contributed by atoms with Gasteiger partial charge < -0.3 is 16.4 Å². The van der Waals surface area contributed by atoms with Crippen LogP contribution in [-0.4, -0.2) is 31.3 Å². The van der Waals surface area contributed by atoms with Crippen LogP contribution in [0, 0.1) is 11.5 Å². The van der Waals surface area contributed by atoms with Gasteiger partial charge in [0.15, 0.2) is 0 Å². The van der Waals surface area contributed by atoms with Crippen molar-refractivity contribution in [3.63, 3.8) is 0 Å². The Morgan fingerprint density at radius 3 is 2.69 bits per heavy atom. The number of aliphatic imine (C=N–C) groups is 1. The number of rotatable bonds is 5. The van der Waals surface area contributed by atoms with Crippen molar-refractivity contribution in [2.24, 2.45) is 10.7 Å². The van der Waals surface area contributed by atoms with Gasteiger partial charge in [0, 0.05) is 19.6 Å². The predicted molar refractivity (Wildman–Crippen MR) is 56.6 cm³/mol. The zero-order chi connectivity index (χ0) is 9.94. The summed E-state index contributed by atoms with van der Waals surface area (Å²) < 4.78 is 0. The number of nitrogens with two attached hydrogens (primary N) is 1. The molecule has 4 N–H and O–H groups in total. The van der Waals surface area contributed by atoms with Gasteiger partial charge in [-0.15, -0.1) is 4.99 Å². The van der Waals surface area contributed by atoms with Gasteiger partial charge in [-0.3, -0.25) is 0 Å². The summed E-state index contributed by atoms with van der Waals surface area (Å²) in [6.07, 6.45) is 2.64. The van der Waals surface area contributed by atoms with Crippen LogP contribution in [0.25, 0.3) is 0 Å². The Morgan fingerprint density at radius 2 is 2.15 bits per heavy atom. The number of thiol groups is 1. The normalized spacial score (nSPS) is 10.7. The summed E-state index contributed by atoms with van der Waals surface area (Å²) in [5.41, 5.74) is 5.29. The second-order valence-electron chi connectivity index (χ2n) is 2.28. The van der Waals surface area contributed by atoms with Crippen LogP contribution in [0.3, 0.4) is 0 Å². The molecule has 0 bridgehead atoms. The van der Waals surface area contributed by atoms with Crippen molar-refractivity contribution in [2.45, 2.75) is 6.42 Å². The van der Waals surface area contributed by atoms with E-state index >= 15 is 0 Å². The SMILES string of the molecule is N#C/N=C(\NCCN)NCCCS. The lowest BCUT2D eigenvalue weighted by molar-refractivity contribution is 0.784. The summed E-state index contributed by atoms with van der Waals surface area (Å²) in [6.45, 7) is 1.87. The van der Waals surface area contributed by atoms with Crippen molar-refractivity contribution in [3.05, 3.63) is 0 Å². The highest BCUT2D eigenvalue weighted by Gasteiger charge is 1.94. The van der Waals surface area contributed by atoms with E-state index in [2.05, 4.69) is 28.3 Å². The molecule has 0 aromatic carbocycles. The van der Waals surface area contributed by atoms with Gasteiger partial charge in [-0.1, -0.05) is 0 Å². The molecule has 0 heterocycles. The highest BCUT2D eigenvalue weighted by Crippen LogP contribution is 1.80. The molecule has 74 valence electrons. The Morgan fingerprint density at radius 1 is 1.46 bits per heavy atom. The molecular weight excluding hydrogens is 186 g/mol. The molecule has 0 saturated heterocycles. The van der Waals surface area contributed by atoms with E-state index in [-0.39, 0.29) is 0 Å². The van der Waals surface area contributed by atoms with Gasteiger partial charge in [-0.2, -0.15) is 17.9 Å². The molecule has 0 atom stereocenters. The van der Waals surface area contributed by atoms with Crippen LogP contribution in [0.4, 0.5) is 0 Å². The van der Waals surface area contributed by atoms with E-state index in [0.29, 0.717) is 19.0 Å². The predicted octanol–water partition coefficient (Wildman–Crippen LogP) is -0.719. The monoisotopic (exact) mass is 201 g/mol. The number of nitriles is 1. The molecule has 0 aliphatic heterocycles. The molecule has 6 heteroatoms. The molecule has 0 amide bonds. The van der Waals surface area contributed by atoms with Gasteiger partial charge in [0.05, 0.1) is 0 Å². The Bertz CT molecular complexity index is 186. The zero-order valence-corrected chi connectivity index (χ0v) is 8.35. The molecule has 0 aromatic heterocycles. The van der Waals surface area contributed by atoms with E-state index in [9.17, 15) is 0 Å². The lowest BCUT2D eigenvalue weighted by Crippen LogP contribution is -2.40. The molecule has 0 aliphatic carbocycles. The fourth-order valence-corrected chi connectivity index (χ4v) is 0.826. The molecule has 5 nitrogen and oxygen atoms in total. The maximum atomic E-state index is 8.33. The number of nitrogens with zero attached hydrogens (tertiary/aromatic N) is 2. The van der Waals surface area contributed by atoms with Crippen LogP contribution in [0.15, 0.2) is 4.99 Å². The van der Waals surface area contributed by atoms with Crippen LogP contribution in [0.5, 0.6) is 0 Å². The van der Waals surface area contributed by atoms with Crippen molar-refractivity contribution >= 4 is 18.6 Å². The third-order valence-electron chi connectivity index (χ3n) is 1.23. The van der Waals surface area contributed by atoms with Crippen LogP contribution in [-0.2, 0) is 0 Å². The molecule has 0 spiro atoms. The summed E-state index contributed by atoms with van der Waals surface area (Å²) >= 11 is 4.06. The van der Waals surface area contributed by atoms with Gasteiger partial charge in [-0.05, 0) is 12.2 Å². The third-order valence-corrected chi connectivity index (χ3v) is 1.54. The van der Waals surface area contributed by atoms with Crippen LogP contribution in [0.2, 0.25) is 0 Å². The molecule has 0 aromatic rings. The van der Waals surface area contributed by atoms with Gasteiger partial charge in [0.25, 0.3) is 0 Å². The Balaban J connectivity index is 3.69. The fourth-order valence-electron chi connectivity index (χ4n) is 0.668. The average molecular weight is 201 g/mol. The van der Waals surface area contributed by atoms with Crippen molar-refractivity contribution in [2.75, 3.05) is 25.4 Å². The van der Waals surface area contributed by atoms with E-state index < -0.39 is 0 Å². The zero-order valence-electron chi connectivity index (χ0n) is 7.45. The molecule has 0 aliphatic rings. The van der Waals surface area contributed by atoms with Crippen molar-refractivity contribution in [1.29, 1.82) is 5.26 Å². The van der Waals surface area contributed by atoms with Gasteiger partial charge in [0.1, 0.15) is 0 Å². The Hall–Kier alpha value is -0.930. The van der Waals surface area contributed by atoms with E-state index in [4.69, 9.17) is 11.0 Å². The van der Waals surface area contributed by atoms with Crippen molar-refractivity contribution in [3.8, 4) is 6.19 Å². The molecule has 0 fully saturated rings. The smallest absolute Gasteiger partial charge is 0.209 e. The summed E-state index contributed by atoms with van der Waals surface area (Å²) in [5, 5.41) is 14.2. The second kappa shape index (κ2) is 9.16. The maximum absolute atomic E-state index is 8.33. The number of nitrogens with one attached hydrogen (secondary N) is 2. The second-order valence-corrected chi connectivity index (χ2v) is 2.73. The highest BCUT2D eigenvalue weighted by molar-refractivity contribution is 7.80. The molecule has 13 heavy (non-hydrogen) atoms. The summed E-state index contributed by atoms with van der Waals surface area (Å²) in [6, 6.07) is 0. The molecule has 0 unspecified atom stereocenters. The Kier molecular flexibility index (Phi) is 8.51. The quantitative estimate of drug-likeness (QED) is 0.155. The number of hydrogen-bond acceptors (Lipinski definition) is 4. The molecule has 0 saturated carbocycles. The molecular formula is C7H15N5S. The van der Waals surface area contributed by atoms with Crippen LogP contribution < -0.4 is 16.4 Å². The standard InChI is InChI=1S/C7H15N5S/c8-2-4-11-7(12-6-9)10-3-1-5-13/h13H,1-5,8H2,(H2,10,11,12). The van der Waals surface area contributed by atoms with Crippen molar-refractivity contribution < 1.29 is 0 Å². The topological polar surface area (TPSA) is 86.2 Å². The lowest BCUT2D eigenvalue weighted by atomic mass is 10.5. The minimum Gasteiger partial charge on any atom is -0.355 e. The van der Waals surface area contributed by atoms with Crippen LogP contribution >= 0.6 is 12.6 Å². The first-order valence-corrected chi connectivity index (χ1v) is 4.73. The van der Waals surface area contributed by atoms with E-state index in [1.54, 1.807) is 6.19 Å². The van der Waals surface area contributed by atoms with E-state index in [1.165, 1.54) is 0 Å².